The van der Waals surface area contributed by atoms with E-state index in [1.165, 1.54) is 38.5 Å². The van der Waals surface area contributed by atoms with E-state index in [1.54, 1.807) is 12.4 Å². The van der Waals surface area contributed by atoms with Gasteiger partial charge in [0.15, 0.2) is 0 Å². The number of amides is 1. The second kappa shape index (κ2) is 12.0. The molecule has 140 valence electrons. The van der Waals surface area contributed by atoms with E-state index < -0.39 is 0 Å². The minimum absolute atomic E-state index is 0.129. The number of nitrogens with one attached hydrogen (secondary N) is 3. The van der Waals surface area contributed by atoms with Crippen LogP contribution < -0.4 is 16.2 Å². The predicted octanol–water partition coefficient (Wildman–Crippen LogP) is 4.03. The fraction of sp³-hybridized carbons (Fsp3) is 0.700. The Morgan fingerprint density at radius 1 is 1.04 bits per heavy atom. The molecule has 0 spiro atoms. The summed E-state index contributed by atoms with van der Waals surface area (Å²) in [4.78, 5) is 16.3. The largest absolute Gasteiger partial charge is 0.326 e. The van der Waals surface area contributed by atoms with Crippen molar-refractivity contribution in [1.82, 2.24) is 15.8 Å². The summed E-state index contributed by atoms with van der Waals surface area (Å²) in [6.45, 7) is 3.29. The Morgan fingerprint density at radius 3 is 2.44 bits per heavy atom. The number of carbonyl (C=O) groups excluding carboxylic acids is 1. The van der Waals surface area contributed by atoms with Crippen LogP contribution in [0.2, 0.25) is 0 Å². The molecule has 5 heteroatoms. The van der Waals surface area contributed by atoms with E-state index in [1.807, 2.05) is 12.1 Å². The van der Waals surface area contributed by atoms with Gasteiger partial charge in [0.1, 0.15) is 0 Å². The van der Waals surface area contributed by atoms with Crippen LogP contribution in [0.1, 0.15) is 71.1 Å². The summed E-state index contributed by atoms with van der Waals surface area (Å²) in [6.07, 6.45) is 15.4. The molecule has 1 fully saturated rings. The van der Waals surface area contributed by atoms with Crippen LogP contribution in [0.4, 0.5) is 5.69 Å². The van der Waals surface area contributed by atoms with Gasteiger partial charge >= 0.3 is 0 Å². The molecule has 1 aromatic rings. The summed E-state index contributed by atoms with van der Waals surface area (Å²) >= 11 is 0. The molecule has 0 unspecified atom stereocenters. The molecule has 0 atom stereocenters. The number of rotatable bonds is 11. The molecular formula is C20H34N4O. The van der Waals surface area contributed by atoms with Gasteiger partial charge < -0.3 is 5.32 Å². The third-order valence-corrected chi connectivity index (χ3v) is 5.01. The van der Waals surface area contributed by atoms with E-state index in [2.05, 4.69) is 28.1 Å². The molecule has 0 saturated heterocycles. The molecule has 1 heterocycles. The molecule has 0 radical (unpaired) electrons. The van der Waals surface area contributed by atoms with Crippen molar-refractivity contribution >= 4 is 11.6 Å². The van der Waals surface area contributed by atoms with Gasteiger partial charge in [-0.3, -0.25) is 20.6 Å². The maximum Gasteiger partial charge on any atom is 0.227 e. The highest BCUT2D eigenvalue weighted by molar-refractivity contribution is 5.92. The third kappa shape index (κ3) is 7.97. The van der Waals surface area contributed by atoms with Crippen molar-refractivity contribution in [3.8, 4) is 0 Å². The minimum atomic E-state index is 0.129. The first-order valence-electron chi connectivity index (χ1n) is 9.99. The van der Waals surface area contributed by atoms with Gasteiger partial charge in [-0.2, -0.15) is 0 Å². The Kier molecular flexibility index (Phi) is 9.52. The van der Waals surface area contributed by atoms with Crippen molar-refractivity contribution in [2.45, 2.75) is 77.2 Å². The second-order valence-electron chi connectivity index (χ2n) is 7.11. The normalized spacial score (nSPS) is 20.4. The fourth-order valence-corrected chi connectivity index (χ4v) is 3.39. The van der Waals surface area contributed by atoms with Crippen LogP contribution in [-0.2, 0) is 4.79 Å². The summed E-state index contributed by atoms with van der Waals surface area (Å²) in [5.41, 5.74) is 7.65. The SMILES string of the molecule is CCCCCCCCNNC1CCC(C(=O)Nc2ccncc2)CC1. The quantitative estimate of drug-likeness (QED) is 0.418. The number of hydrogen-bond acceptors (Lipinski definition) is 4. The van der Waals surface area contributed by atoms with Gasteiger partial charge in [0.25, 0.3) is 0 Å². The van der Waals surface area contributed by atoms with Gasteiger partial charge in [0, 0.05) is 36.6 Å². The lowest BCUT2D eigenvalue weighted by atomic mass is 9.85. The zero-order chi connectivity index (χ0) is 17.7. The number of pyridine rings is 1. The second-order valence-corrected chi connectivity index (χ2v) is 7.11. The first-order chi connectivity index (χ1) is 12.3. The lowest BCUT2D eigenvalue weighted by molar-refractivity contribution is -0.120. The van der Waals surface area contributed by atoms with E-state index in [9.17, 15) is 4.79 Å². The lowest BCUT2D eigenvalue weighted by Gasteiger charge is -2.28. The van der Waals surface area contributed by atoms with E-state index >= 15 is 0 Å². The number of hydrogen-bond donors (Lipinski definition) is 3. The molecule has 5 nitrogen and oxygen atoms in total. The molecule has 1 aromatic heterocycles. The fourth-order valence-electron chi connectivity index (χ4n) is 3.39. The smallest absolute Gasteiger partial charge is 0.227 e. The lowest BCUT2D eigenvalue weighted by Crippen LogP contribution is -2.44. The van der Waals surface area contributed by atoms with Crippen LogP contribution in [-0.4, -0.2) is 23.5 Å². The summed E-state index contributed by atoms with van der Waals surface area (Å²) in [5.74, 6) is 0.273. The molecular weight excluding hydrogens is 312 g/mol. The molecule has 1 aliphatic carbocycles. The molecule has 2 rings (SSSR count). The Bertz CT molecular complexity index is 472. The number of anilines is 1. The number of unbranched alkanes of at least 4 members (excludes halogenated alkanes) is 5. The van der Waals surface area contributed by atoms with Gasteiger partial charge in [-0.1, -0.05) is 39.0 Å². The van der Waals surface area contributed by atoms with Crippen LogP contribution in [0.5, 0.6) is 0 Å². The summed E-state index contributed by atoms with van der Waals surface area (Å²) in [5, 5.41) is 2.99. The zero-order valence-electron chi connectivity index (χ0n) is 15.6. The molecule has 1 saturated carbocycles. The third-order valence-electron chi connectivity index (χ3n) is 5.01. The maximum absolute atomic E-state index is 12.3. The Labute approximate surface area is 152 Å². The van der Waals surface area contributed by atoms with Gasteiger partial charge in [-0.05, 0) is 44.2 Å². The predicted molar refractivity (Wildman–Crippen MR) is 103 cm³/mol. The highest BCUT2D eigenvalue weighted by Gasteiger charge is 2.26. The molecule has 3 N–H and O–H groups in total. The average molecular weight is 347 g/mol. The molecule has 25 heavy (non-hydrogen) atoms. The average Bonchev–Trinajstić information content (AvgIpc) is 2.65. The Morgan fingerprint density at radius 2 is 1.72 bits per heavy atom. The molecule has 1 aliphatic rings. The van der Waals surface area contributed by atoms with Crippen LogP contribution in [0, 0.1) is 5.92 Å². The molecule has 1 amide bonds. The van der Waals surface area contributed by atoms with Crippen LogP contribution in [0.3, 0.4) is 0 Å². The number of hydrazine groups is 1. The summed E-state index contributed by atoms with van der Waals surface area (Å²) in [7, 11) is 0. The van der Waals surface area contributed by atoms with Gasteiger partial charge in [-0.15, -0.1) is 0 Å². The summed E-state index contributed by atoms with van der Waals surface area (Å²) < 4.78 is 0. The van der Waals surface area contributed by atoms with Gasteiger partial charge in [-0.25, -0.2) is 0 Å². The van der Waals surface area contributed by atoms with Gasteiger partial charge in [0.05, 0.1) is 0 Å². The Balaban J connectivity index is 1.52. The molecule has 0 bridgehead atoms. The van der Waals surface area contributed by atoms with Crippen molar-refractivity contribution in [2.75, 3.05) is 11.9 Å². The monoisotopic (exact) mass is 346 g/mol. The van der Waals surface area contributed by atoms with E-state index in [4.69, 9.17) is 0 Å². The van der Waals surface area contributed by atoms with Crippen LogP contribution in [0.15, 0.2) is 24.5 Å². The summed E-state index contributed by atoms with van der Waals surface area (Å²) in [6, 6.07) is 4.15. The van der Waals surface area contributed by atoms with Crippen molar-refractivity contribution in [2.24, 2.45) is 5.92 Å². The van der Waals surface area contributed by atoms with Crippen LogP contribution >= 0.6 is 0 Å². The van der Waals surface area contributed by atoms with Crippen LogP contribution in [0.25, 0.3) is 0 Å². The van der Waals surface area contributed by atoms with Crippen molar-refractivity contribution in [1.29, 1.82) is 0 Å². The minimum Gasteiger partial charge on any atom is -0.326 e. The molecule has 0 aliphatic heterocycles. The van der Waals surface area contributed by atoms with E-state index in [0.717, 1.165) is 37.9 Å². The van der Waals surface area contributed by atoms with Crippen molar-refractivity contribution in [3.63, 3.8) is 0 Å². The maximum atomic E-state index is 12.3. The first kappa shape index (κ1) is 19.9. The highest BCUT2D eigenvalue weighted by atomic mass is 16.1. The molecule has 0 aromatic carbocycles. The number of nitrogens with zero attached hydrogens (tertiary/aromatic N) is 1. The van der Waals surface area contributed by atoms with Gasteiger partial charge in [0.2, 0.25) is 5.91 Å². The Hall–Kier alpha value is -1.46. The van der Waals surface area contributed by atoms with E-state index in [-0.39, 0.29) is 11.8 Å². The first-order valence-corrected chi connectivity index (χ1v) is 9.99. The topological polar surface area (TPSA) is 66.0 Å². The standard InChI is InChI=1S/C20H34N4O/c1-2-3-4-5-6-7-14-22-24-19-10-8-17(9-11-19)20(25)23-18-12-15-21-16-13-18/h12-13,15-17,19,22,24H,2-11,14H2,1H3,(H,21,23,25). The zero-order valence-corrected chi connectivity index (χ0v) is 15.6. The van der Waals surface area contributed by atoms with Crippen molar-refractivity contribution in [3.05, 3.63) is 24.5 Å². The number of aromatic nitrogens is 1. The number of carbonyl (C=O) groups is 1. The van der Waals surface area contributed by atoms with Crippen molar-refractivity contribution < 1.29 is 4.79 Å². The van der Waals surface area contributed by atoms with E-state index in [0.29, 0.717) is 6.04 Å². The highest BCUT2D eigenvalue weighted by Crippen LogP contribution is 2.25.